The highest BCUT2D eigenvalue weighted by molar-refractivity contribution is 6.21. The van der Waals surface area contributed by atoms with Crippen molar-refractivity contribution in [1.29, 1.82) is 0 Å². The zero-order valence-corrected chi connectivity index (χ0v) is 16.6. The van der Waals surface area contributed by atoms with Crippen molar-refractivity contribution in [3.8, 4) is 0 Å². The molecule has 1 aromatic carbocycles. The van der Waals surface area contributed by atoms with Gasteiger partial charge < -0.3 is 15.2 Å². The Morgan fingerprint density at radius 1 is 1.26 bits per heavy atom. The number of carbonyl (C=O) groups excluding carboxylic acids is 2. The molecule has 3 rings (SSSR count). The summed E-state index contributed by atoms with van der Waals surface area (Å²) in [5, 5.41) is 14.3. The number of imide groups is 1. The highest BCUT2D eigenvalue weighted by atomic mass is 16.5. The molecule has 2 aliphatic rings. The number of carbonyl (C=O) groups is 2. The van der Waals surface area contributed by atoms with Gasteiger partial charge in [0.05, 0.1) is 22.8 Å². The number of benzene rings is 1. The van der Waals surface area contributed by atoms with Gasteiger partial charge in [-0.1, -0.05) is 26.0 Å². The second-order valence-corrected chi connectivity index (χ2v) is 8.28. The van der Waals surface area contributed by atoms with Crippen molar-refractivity contribution in [2.75, 3.05) is 19.7 Å². The molecule has 1 fully saturated rings. The van der Waals surface area contributed by atoms with Gasteiger partial charge in [0.2, 0.25) is 0 Å². The quantitative estimate of drug-likeness (QED) is 0.682. The van der Waals surface area contributed by atoms with Crippen LogP contribution in [0, 0.1) is 5.41 Å². The van der Waals surface area contributed by atoms with Crippen LogP contribution in [0.15, 0.2) is 24.3 Å². The third-order valence-corrected chi connectivity index (χ3v) is 6.30. The van der Waals surface area contributed by atoms with E-state index >= 15 is 0 Å². The Balaban J connectivity index is 1.49. The number of amides is 2. The lowest BCUT2D eigenvalue weighted by atomic mass is 9.56. The van der Waals surface area contributed by atoms with Gasteiger partial charge in [-0.3, -0.25) is 14.5 Å². The van der Waals surface area contributed by atoms with Crippen molar-refractivity contribution in [2.45, 2.75) is 58.3 Å². The lowest BCUT2D eigenvalue weighted by Gasteiger charge is -2.58. The molecular weight excluding hydrogens is 344 g/mol. The van der Waals surface area contributed by atoms with Crippen LogP contribution in [0.1, 0.15) is 61.3 Å². The summed E-state index contributed by atoms with van der Waals surface area (Å²) in [7, 11) is 0. The average molecular weight is 374 g/mol. The first-order valence-corrected chi connectivity index (χ1v) is 9.74. The highest BCUT2D eigenvalue weighted by Gasteiger charge is 2.59. The first-order valence-electron chi connectivity index (χ1n) is 9.74. The summed E-state index contributed by atoms with van der Waals surface area (Å²) in [6, 6.07) is 7.00. The van der Waals surface area contributed by atoms with E-state index in [-0.39, 0.29) is 29.4 Å². The van der Waals surface area contributed by atoms with Crippen LogP contribution in [0.2, 0.25) is 0 Å². The third-order valence-electron chi connectivity index (χ3n) is 6.30. The maximum absolute atomic E-state index is 12.4. The van der Waals surface area contributed by atoms with E-state index in [0.717, 1.165) is 0 Å². The summed E-state index contributed by atoms with van der Waals surface area (Å²) in [5.74, 6) is -0.442. The number of fused-ring (bicyclic) bond motifs is 1. The topological polar surface area (TPSA) is 78.9 Å². The van der Waals surface area contributed by atoms with E-state index in [1.165, 1.54) is 4.90 Å². The fraction of sp³-hybridized carbons (Fsp3) is 0.619. The molecular formula is C21H30N2O4. The summed E-state index contributed by atoms with van der Waals surface area (Å²) in [6.45, 7) is 9.51. The van der Waals surface area contributed by atoms with Gasteiger partial charge in [0.1, 0.15) is 0 Å². The van der Waals surface area contributed by atoms with Gasteiger partial charge in [0, 0.05) is 37.6 Å². The largest absolute Gasteiger partial charge is 0.388 e. The first kappa shape index (κ1) is 20.0. The van der Waals surface area contributed by atoms with E-state index in [9.17, 15) is 14.7 Å². The predicted molar refractivity (Wildman–Crippen MR) is 103 cm³/mol. The maximum atomic E-state index is 12.4. The highest BCUT2D eigenvalue weighted by Crippen LogP contribution is 2.50. The van der Waals surface area contributed by atoms with E-state index in [4.69, 9.17) is 4.74 Å². The van der Waals surface area contributed by atoms with E-state index in [1.54, 1.807) is 24.3 Å². The number of nitrogens with one attached hydrogen (secondary N) is 1. The van der Waals surface area contributed by atoms with Crippen LogP contribution in [0.25, 0.3) is 0 Å². The maximum Gasteiger partial charge on any atom is 0.261 e. The lowest BCUT2D eigenvalue weighted by molar-refractivity contribution is -0.238. The molecule has 6 heteroatoms. The van der Waals surface area contributed by atoms with Crippen LogP contribution >= 0.6 is 0 Å². The summed E-state index contributed by atoms with van der Waals surface area (Å²) in [4.78, 5) is 26.1. The van der Waals surface area contributed by atoms with Crippen molar-refractivity contribution in [2.24, 2.45) is 5.41 Å². The molecule has 0 aromatic heterocycles. The smallest absolute Gasteiger partial charge is 0.261 e. The molecule has 1 aliphatic heterocycles. The number of nitrogens with zero attached hydrogens (tertiary/aromatic N) is 1. The van der Waals surface area contributed by atoms with Crippen LogP contribution in [-0.2, 0) is 4.74 Å². The fourth-order valence-electron chi connectivity index (χ4n) is 3.97. The molecule has 1 aromatic rings. The van der Waals surface area contributed by atoms with Crippen molar-refractivity contribution in [3.63, 3.8) is 0 Å². The van der Waals surface area contributed by atoms with Crippen LogP contribution in [0.4, 0.5) is 0 Å². The van der Waals surface area contributed by atoms with Crippen molar-refractivity contribution < 1.29 is 19.4 Å². The number of hydrogen-bond donors (Lipinski definition) is 2. The van der Waals surface area contributed by atoms with Crippen LogP contribution in [-0.4, -0.2) is 59.3 Å². The summed E-state index contributed by atoms with van der Waals surface area (Å²) in [5.41, 5.74) is -0.152. The second kappa shape index (κ2) is 7.34. The number of rotatable bonds is 8. The van der Waals surface area contributed by atoms with Crippen molar-refractivity contribution in [1.82, 2.24) is 10.2 Å². The molecule has 0 spiro atoms. The molecule has 27 heavy (non-hydrogen) atoms. The molecule has 0 bridgehead atoms. The predicted octanol–water partition coefficient (Wildman–Crippen LogP) is 2.22. The van der Waals surface area contributed by atoms with E-state index in [0.29, 0.717) is 43.7 Å². The molecule has 0 radical (unpaired) electrons. The van der Waals surface area contributed by atoms with Gasteiger partial charge in [-0.15, -0.1) is 0 Å². The lowest BCUT2D eigenvalue weighted by Crippen LogP contribution is -2.68. The average Bonchev–Trinajstić information content (AvgIpc) is 2.89. The molecule has 2 amide bonds. The molecule has 6 nitrogen and oxygen atoms in total. The third kappa shape index (κ3) is 3.42. The van der Waals surface area contributed by atoms with Gasteiger partial charge in [0.15, 0.2) is 0 Å². The molecule has 1 aliphatic carbocycles. The number of aliphatic hydroxyl groups is 1. The normalized spacial score (nSPS) is 27.4. The van der Waals surface area contributed by atoms with Crippen LogP contribution in [0.5, 0.6) is 0 Å². The van der Waals surface area contributed by atoms with Gasteiger partial charge >= 0.3 is 0 Å². The zero-order valence-electron chi connectivity index (χ0n) is 16.6. The molecule has 148 valence electrons. The van der Waals surface area contributed by atoms with Gasteiger partial charge in [-0.2, -0.15) is 0 Å². The second-order valence-electron chi connectivity index (χ2n) is 8.28. The Morgan fingerprint density at radius 3 is 2.37 bits per heavy atom. The Morgan fingerprint density at radius 2 is 1.85 bits per heavy atom. The minimum Gasteiger partial charge on any atom is -0.388 e. The Kier molecular flexibility index (Phi) is 5.43. The molecule has 2 N–H and O–H groups in total. The standard InChI is InChI=1S/C21H30N2O4/c1-5-27-17-12-21(26,20(17,3)4)13-22-14(2)10-11-23-18(24)15-8-6-7-9-16(15)19(23)25/h6-9,14,17,22,26H,5,10-13H2,1-4H3/t14-,17-,21-/m1/s1. The molecule has 0 saturated heterocycles. The molecule has 3 atom stereocenters. The molecule has 1 heterocycles. The Hall–Kier alpha value is -1.76. The Labute approximate surface area is 160 Å². The zero-order chi connectivity index (χ0) is 19.8. The van der Waals surface area contributed by atoms with E-state index < -0.39 is 5.60 Å². The number of ether oxygens (including phenoxy) is 1. The first-order chi connectivity index (χ1) is 12.7. The minimum absolute atomic E-state index is 0.0697. The van der Waals surface area contributed by atoms with E-state index in [1.807, 2.05) is 27.7 Å². The molecule has 0 unspecified atom stereocenters. The SMILES string of the molecule is CCO[C@@H]1C[C@@](O)(CN[C@H](C)CCN2C(=O)c3ccccc3C2=O)C1(C)C. The van der Waals surface area contributed by atoms with Gasteiger partial charge in [-0.05, 0) is 32.4 Å². The van der Waals surface area contributed by atoms with Crippen molar-refractivity contribution >= 4 is 11.8 Å². The molecule has 1 saturated carbocycles. The van der Waals surface area contributed by atoms with Crippen molar-refractivity contribution in [3.05, 3.63) is 35.4 Å². The fourth-order valence-corrected chi connectivity index (χ4v) is 3.97. The summed E-state index contributed by atoms with van der Waals surface area (Å²) in [6.07, 6.45) is 1.32. The number of hydrogen-bond acceptors (Lipinski definition) is 5. The van der Waals surface area contributed by atoms with Gasteiger partial charge in [-0.25, -0.2) is 0 Å². The van der Waals surface area contributed by atoms with Gasteiger partial charge in [0.25, 0.3) is 11.8 Å². The Bertz CT molecular complexity index is 698. The summed E-state index contributed by atoms with van der Waals surface area (Å²) < 4.78 is 5.70. The minimum atomic E-state index is -0.809. The monoisotopic (exact) mass is 374 g/mol. The van der Waals surface area contributed by atoms with Crippen LogP contribution < -0.4 is 5.32 Å². The summed E-state index contributed by atoms with van der Waals surface area (Å²) >= 11 is 0. The van der Waals surface area contributed by atoms with E-state index in [2.05, 4.69) is 5.32 Å². The van der Waals surface area contributed by atoms with Crippen LogP contribution in [0.3, 0.4) is 0 Å².